The molecule has 0 aliphatic rings. The molecule has 3 N–H and O–H groups in total. The maximum absolute atomic E-state index is 9.33. The Morgan fingerprint density at radius 3 is 2.78 bits per heavy atom. The van der Waals surface area contributed by atoms with E-state index < -0.39 is 12.1 Å². The number of nitrogens with zero attached hydrogens (tertiary/aromatic N) is 2. The van der Waals surface area contributed by atoms with Crippen LogP contribution in [-0.2, 0) is 5.75 Å². The molecule has 0 spiro atoms. The van der Waals surface area contributed by atoms with Crippen molar-refractivity contribution in [2.45, 2.75) is 29.7 Å². The van der Waals surface area contributed by atoms with Crippen LogP contribution in [0.15, 0.2) is 39.8 Å². The summed E-state index contributed by atoms with van der Waals surface area (Å²) in [7, 11) is 0. The lowest BCUT2D eigenvalue weighted by Gasteiger charge is -2.08. The van der Waals surface area contributed by atoms with Crippen LogP contribution < -0.4 is 5.73 Å². The Balaban J connectivity index is 1.95. The fourth-order valence-corrected chi connectivity index (χ4v) is 2.10. The Labute approximate surface area is 109 Å². The van der Waals surface area contributed by atoms with E-state index in [0.29, 0.717) is 11.6 Å². The highest BCUT2D eigenvalue weighted by Crippen LogP contribution is 2.21. The second-order valence-electron chi connectivity index (χ2n) is 3.92. The highest BCUT2D eigenvalue weighted by Gasteiger charge is 2.19. The van der Waals surface area contributed by atoms with Crippen LogP contribution in [0.1, 0.15) is 24.7 Å². The first-order valence-electron chi connectivity index (χ1n) is 5.61. The summed E-state index contributed by atoms with van der Waals surface area (Å²) in [6, 6.07) is 9.34. The number of aromatic nitrogens is 2. The number of hydrogen-bond acceptors (Lipinski definition) is 6. The molecule has 96 valence electrons. The summed E-state index contributed by atoms with van der Waals surface area (Å²) < 4.78 is 5.02. The molecule has 0 saturated heterocycles. The zero-order valence-corrected chi connectivity index (χ0v) is 10.8. The van der Waals surface area contributed by atoms with Gasteiger partial charge in [0, 0.05) is 4.90 Å². The van der Waals surface area contributed by atoms with E-state index in [0.717, 1.165) is 4.90 Å². The first kappa shape index (κ1) is 13.1. The Morgan fingerprint density at radius 1 is 1.39 bits per heavy atom. The van der Waals surface area contributed by atoms with E-state index in [-0.39, 0.29) is 5.89 Å². The van der Waals surface area contributed by atoms with Crippen molar-refractivity contribution in [2.75, 3.05) is 0 Å². The van der Waals surface area contributed by atoms with Crippen LogP contribution in [-0.4, -0.2) is 21.4 Å². The smallest absolute Gasteiger partial charge is 0.246 e. The van der Waals surface area contributed by atoms with E-state index >= 15 is 0 Å². The third-order valence-electron chi connectivity index (χ3n) is 2.40. The summed E-state index contributed by atoms with van der Waals surface area (Å²) in [6.07, 6.45) is -0.708. The second-order valence-corrected chi connectivity index (χ2v) is 4.97. The molecule has 0 bridgehead atoms. The highest BCUT2D eigenvalue weighted by molar-refractivity contribution is 7.98. The third-order valence-corrected chi connectivity index (χ3v) is 3.41. The number of aliphatic hydroxyl groups excluding tert-OH is 1. The predicted octanol–water partition coefficient (Wildman–Crippen LogP) is 1.74. The van der Waals surface area contributed by atoms with E-state index in [1.165, 1.54) is 0 Å². The average Bonchev–Trinajstić information content (AvgIpc) is 2.85. The van der Waals surface area contributed by atoms with E-state index in [1.807, 2.05) is 30.3 Å². The maximum atomic E-state index is 9.33. The van der Waals surface area contributed by atoms with Crippen LogP contribution in [0.25, 0.3) is 0 Å². The van der Waals surface area contributed by atoms with E-state index in [2.05, 4.69) is 10.1 Å². The van der Waals surface area contributed by atoms with Gasteiger partial charge in [-0.05, 0) is 19.1 Å². The van der Waals surface area contributed by atoms with Gasteiger partial charge >= 0.3 is 0 Å². The fourth-order valence-electron chi connectivity index (χ4n) is 1.33. The van der Waals surface area contributed by atoms with Gasteiger partial charge in [0.15, 0.2) is 5.82 Å². The zero-order chi connectivity index (χ0) is 13.0. The molecule has 1 heterocycles. The Hall–Kier alpha value is -1.37. The quantitative estimate of drug-likeness (QED) is 0.801. The van der Waals surface area contributed by atoms with Crippen LogP contribution >= 0.6 is 11.8 Å². The summed E-state index contributed by atoms with van der Waals surface area (Å²) in [5.74, 6) is 1.46. The van der Waals surface area contributed by atoms with Crippen molar-refractivity contribution in [3.8, 4) is 0 Å². The van der Waals surface area contributed by atoms with Gasteiger partial charge in [0.05, 0.1) is 11.9 Å². The van der Waals surface area contributed by atoms with Gasteiger partial charge in [-0.3, -0.25) is 0 Å². The number of benzene rings is 1. The molecule has 1 aromatic heterocycles. The minimum absolute atomic E-state index is 0.272. The summed E-state index contributed by atoms with van der Waals surface area (Å²) in [6.45, 7) is 1.59. The van der Waals surface area contributed by atoms with Crippen LogP contribution in [0.4, 0.5) is 0 Å². The molecule has 0 radical (unpaired) electrons. The second kappa shape index (κ2) is 5.99. The third kappa shape index (κ3) is 3.32. The van der Waals surface area contributed by atoms with Gasteiger partial charge in [-0.2, -0.15) is 4.98 Å². The van der Waals surface area contributed by atoms with E-state index in [4.69, 9.17) is 10.3 Å². The van der Waals surface area contributed by atoms with Crippen molar-refractivity contribution in [2.24, 2.45) is 5.73 Å². The van der Waals surface area contributed by atoms with Crippen molar-refractivity contribution in [3.63, 3.8) is 0 Å². The molecule has 0 aliphatic carbocycles. The van der Waals surface area contributed by atoms with Crippen LogP contribution in [0.2, 0.25) is 0 Å². The molecule has 6 heteroatoms. The molecule has 0 fully saturated rings. The number of hydrogen-bond donors (Lipinski definition) is 2. The monoisotopic (exact) mass is 265 g/mol. The van der Waals surface area contributed by atoms with Crippen LogP contribution in [0.5, 0.6) is 0 Å². The lowest BCUT2D eigenvalue weighted by atomic mass is 10.2. The van der Waals surface area contributed by atoms with Gasteiger partial charge in [0.2, 0.25) is 5.89 Å². The van der Waals surface area contributed by atoms with Crippen LogP contribution in [0, 0.1) is 0 Å². The molecule has 5 nitrogen and oxygen atoms in total. The molecular weight excluding hydrogens is 250 g/mol. The molecule has 0 aliphatic heterocycles. The van der Waals surface area contributed by atoms with Gasteiger partial charge in [0.25, 0.3) is 0 Å². The first-order chi connectivity index (χ1) is 8.66. The Bertz CT molecular complexity index is 487. The lowest BCUT2D eigenvalue weighted by molar-refractivity contribution is 0.146. The zero-order valence-electron chi connectivity index (χ0n) is 9.98. The molecule has 2 aromatic rings. The molecule has 18 heavy (non-hydrogen) atoms. The van der Waals surface area contributed by atoms with Gasteiger partial charge in [-0.25, -0.2) is 0 Å². The molecule has 0 saturated carbocycles. The van der Waals surface area contributed by atoms with Gasteiger partial charge in [-0.1, -0.05) is 23.4 Å². The molecule has 2 rings (SSSR count). The molecule has 2 atom stereocenters. The van der Waals surface area contributed by atoms with Crippen molar-refractivity contribution in [1.29, 1.82) is 0 Å². The van der Waals surface area contributed by atoms with Gasteiger partial charge in [-0.15, -0.1) is 11.8 Å². The van der Waals surface area contributed by atoms with Crippen molar-refractivity contribution >= 4 is 11.8 Å². The summed E-state index contributed by atoms with van der Waals surface area (Å²) in [5, 5.41) is 13.2. The van der Waals surface area contributed by atoms with E-state index in [1.54, 1.807) is 18.7 Å². The highest BCUT2D eigenvalue weighted by atomic mass is 32.2. The Morgan fingerprint density at radius 2 is 2.11 bits per heavy atom. The Kier molecular flexibility index (Phi) is 4.35. The number of rotatable bonds is 5. The molecule has 2 unspecified atom stereocenters. The summed E-state index contributed by atoms with van der Waals surface area (Å²) >= 11 is 1.62. The number of thioether (sulfide) groups is 1. The normalized spacial score (nSPS) is 14.4. The average molecular weight is 265 g/mol. The maximum Gasteiger partial charge on any atom is 0.246 e. The van der Waals surface area contributed by atoms with Gasteiger partial charge < -0.3 is 15.4 Å². The van der Waals surface area contributed by atoms with Gasteiger partial charge in [0.1, 0.15) is 6.04 Å². The first-order valence-corrected chi connectivity index (χ1v) is 6.59. The fraction of sp³-hybridized carbons (Fsp3) is 0.333. The van der Waals surface area contributed by atoms with Crippen molar-refractivity contribution in [1.82, 2.24) is 10.1 Å². The van der Waals surface area contributed by atoms with Crippen molar-refractivity contribution in [3.05, 3.63) is 42.0 Å². The minimum Gasteiger partial charge on any atom is -0.391 e. The van der Waals surface area contributed by atoms with Crippen molar-refractivity contribution < 1.29 is 9.63 Å². The topological polar surface area (TPSA) is 85.2 Å². The molecule has 1 aromatic carbocycles. The molecule has 0 amide bonds. The largest absolute Gasteiger partial charge is 0.391 e. The number of nitrogens with two attached hydrogens (primary N) is 1. The minimum atomic E-state index is -0.708. The van der Waals surface area contributed by atoms with E-state index in [9.17, 15) is 5.11 Å². The summed E-state index contributed by atoms with van der Waals surface area (Å²) in [5.41, 5.74) is 5.71. The van der Waals surface area contributed by atoms with Crippen LogP contribution in [0.3, 0.4) is 0 Å². The molecular formula is C12H15N3O2S. The SMILES string of the molecule is CC(O)C(N)c1nc(CSc2ccccc2)no1. The lowest BCUT2D eigenvalue weighted by Crippen LogP contribution is -2.23. The number of aliphatic hydroxyl groups is 1. The summed E-state index contributed by atoms with van der Waals surface area (Å²) in [4.78, 5) is 5.31. The standard InChI is InChI=1S/C12H15N3O2S/c1-8(16)11(13)12-14-10(15-17-12)7-18-9-5-3-2-4-6-9/h2-6,8,11,16H,7,13H2,1H3. The predicted molar refractivity (Wildman–Crippen MR) is 68.9 cm³/mol.